The Hall–Kier alpha value is -1.67. The molecule has 0 unspecified atom stereocenters. The number of hydrogen-bond donors (Lipinski definition) is 3. The van der Waals surface area contributed by atoms with E-state index in [1.807, 2.05) is 0 Å². The van der Waals surface area contributed by atoms with E-state index in [1.54, 1.807) is 0 Å². The molecule has 1 aromatic carbocycles. The van der Waals surface area contributed by atoms with Crippen LogP contribution in [0.1, 0.15) is 11.7 Å². The Kier molecular flexibility index (Phi) is 3.69. The molecule has 4 nitrogen and oxygen atoms in total. The van der Waals surface area contributed by atoms with E-state index in [0.29, 0.717) is 0 Å². The van der Waals surface area contributed by atoms with Gasteiger partial charge in [0.2, 0.25) is 0 Å². The molecule has 0 aromatic heterocycles. The Bertz CT molecular complexity index is 466. The van der Waals surface area contributed by atoms with Crippen molar-refractivity contribution in [3.8, 4) is 0 Å². The number of carboxylic acid groups (broad SMARTS) is 1. The summed E-state index contributed by atoms with van der Waals surface area (Å²) in [5, 5.41) is 17.7. The van der Waals surface area contributed by atoms with Crippen LogP contribution in [0.2, 0.25) is 0 Å². The van der Waals surface area contributed by atoms with Crippen LogP contribution in [0.5, 0.6) is 0 Å². The normalized spacial score (nSPS) is 14.5. The zero-order chi connectivity index (χ0) is 13.3. The van der Waals surface area contributed by atoms with E-state index in [-0.39, 0.29) is 6.07 Å². The fourth-order valence-electron chi connectivity index (χ4n) is 1.13. The van der Waals surface area contributed by atoms with E-state index < -0.39 is 46.9 Å². The lowest BCUT2D eigenvalue weighted by Crippen LogP contribution is -2.37. The molecular weight excluding hydrogens is 246 g/mol. The molecule has 1 rings (SSSR count). The van der Waals surface area contributed by atoms with Crippen LogP contribution in [0.15, 0.2) is 6.07 Å². The molecule has 4 N–H and O–H groups in total. The highest BCUT2D eigenvalue weighted by molar-refractivity contribution is 5.74. The smallest absolute Gasteiger partial charge is 0.323 e. The summed E-state index contributed by atoms with van der Waals surface area (Å²) in [6.45, 7) is 0. The lowest BCUT2D eigenvalue weighted by molar-refractivity contribution is -0.141. The molecule has 0 heterocycles. The third-order valence-electron chi connectivity index (χ3n) is 2.07. The van der Waals surface area contributed by atoms with Gasteiger partial charge in [-0.2, -0.15) is 0 Å². The number of aliphatic hydroxyl groups is 1. The van der Waals surface area contributed by atoms with Gasteiger partial charge < -0.3 is 15.9 Å². The van der Waals surface area contributed by atoms with Gasteiger partial charge in [0, 0.05) is 5.56 Å². The van der Waals surface area contributed by atoms with Crippen LogP contribution in [0.3, 0.4) is 0 Å². The molecule has 0 amide bonds. The fraction of sp³-hybridized carbons (Fsp3) is 0.222. The maximum Gasteiger partial charge on any atom is 0.323 e. The van der Waals surface area contributed by atoms with Crippen molar-refractivity contribution in [3.05, 3.63) is 34.9 Å². The summed E-state index contributed by atoms with van der Waals surface area (Å²) in [5.41, 5.74) is 3.89. The number of nitrogens with two attached hydrogens (primary N) is 1. The minimum Gasteiger partial charge on any atom is -0.480 e. The average molecular weight is 253 g/mol. The van der Waals surface area contributed by atoms with E-state index in [1.165, 1.54) is 0 Å². The van der Waals surface area contributed by atoms with Gasteiger partial charge in [0.1, 0.15) is 12.1 Å². The Morgan fingerprint density at radius 1 is 1.18 bits per heavy atom. The first-order chi connectivity index (χ1) is 7.77. The summed E-state index contributed by atoms with van der Waals surface area (Å²) in [7, 11) is 0. The number of carboxylic acids is 1. The van der Waals surface area contributed by atoms with E-state index in [9.17, 15) is 27.5 Å². The first-order valence-electron chi connectivity index (χ1n) is 4.26. The maximum absolute atomic E-state index is 13.1. The van der Waals surface area contributed by atoms with Crippen LogP contribution in [0, 0.1) is 23.3 Å². The molecule has 0 saturated heterocycles. The van der Waals surface area contributed by atoms with Crippen molar-refractivity contribution in [2.45, 2.75) is 12.1 Å². The van der Waals surface area contributed by atoms with Crippen LogP contribution in [-0.4, -0.2) is 22.2 Å². The van der Waals surface area contributed by atoms with Gasteiger partial charge in [0.05, 0.1) is 0 Å². The molecule has 0 aliphatic carbocycles. The van der Waals surface area contributed by atoms with E-state index in [2.05, 4.69) is 0 Å². The molecule has 2 atom stereocenters. The lowest BCUT2D eigenvalue weighted by Gasteiger charge is -2.16. The van der Waals surface area contributed by atoms with Gasteiger partial charge in [-0.05, 0) is 6.07 Å². The monoisotopic (exact) mass is 253 g/mol. The molecule has 94 valence electrons. The molecule has 1 aromatic rings. The summed E-state index contributed by atoms with van der Waals surface area (Å²) >= 11 is 0. The van der Waals surface area contributed by atoms with Crippen LogP contribution in [0.4, 0.5) is 17.6 Å². The van der Waals surface area contributed by atoms with Crippen LogP contribution in [-0.2, 0) is 4.79 Å². The number of aliphatic carboxylic acids is 1. The molecule has 0 aliphatic rings. The van der Waals surface area contributed by atoms with Crippen molar-refractivity contribution >= 4 is 5.97 Å². The van der Waals surface area contributed by atoms with Crippen molar-refractivity contribution in [2.75, 3.05) is 0 Å². The quantitative estimate of drug-likeness (QED) is 0.420. The minimum absolute atomic E-state index is 0.154. The van der Waals surface area contributed by atoms with Crippen molar-refractivity contribution in [2.24, 2.45) is 5.73 Å². The maximum atomic E-state index is 13.1. The van der Waals surface area contributed by atoms with Crippen LogP contribution in [0.25, 0.3) is 0 Å². The highest BCUT2D eigenvalue weighted by Crippen LogP contribution is 2.25. The Morgan fingerprint density at radius 2 is 1.71 bits per heavy atom. The molecule has 0 fully saturated rings. The fourth-order valence-corrected chi connectivity index (χ4v) is 1.13. The number of hydrogen-bond acceptors (Lipinski definition) is 3. The van der Waals surface area contributed by atoms with Crippen molar-refractivity contribution in [3.63, 3.8) is 0 Å². The first-order valence-corrected chi connectivity index (χ1v) is 4.26. The molecule has 17 heavy (non-hydrogen) atoms. The SMILES string of the molecule is N[C@H](C(=O)O)[C@H](O)c1cc(F)c(F)c(F)c1F. The highest BCUT2D eigenvalue weighted by Gasteiger charge is 2.30. The highest BCUT2D eigenvalue weighted by atomic mass is 19.2. The van der Waals surface area contributed by atoms with Gasteiger partial charge in [0.15, 0.2) is 23.3 Å². The van der Waals surface area contributed by atoms with E-state index in [4.69, 9.17) is 10.8 Å². The summed E-state index contributed by atoms with van der Waals surface area (Å²) in [6.07, 6.45) is -2.20. The molecule has 0 spiro atoms. The Morgan fingerprint density at radius 3 is 2.18 bits per heavy atom. The number of benzene rings is 1. The standard InChI is InChI=1S/C9H7F4NO3/c10-3-1-2(4(11)6(13)5(3)12)8(15)7(14)9(16)17/h1,7-8,15H,14H2,(H,16,17)/t7-,8+/m0/s1. The zero-order valence-electron chi connectivity index (χ0n) is 8.12. The second-order valence-corrected chi connectivity index (χ2v) is 3.20. The predicted molar refractivity (Wildman–Crippen MR) is 46.8 cm³/mol. The first kappa shape index (κ1) is 13.4. The van der Waals surface area contributed by atoms with E-state index in [0.717, 1.165) is 0 Å². The number of halogens is 4. The van der Waals surface area contributed by atoms with Crippen LogP contribution >= 0.6 is 0 Å². The van der Waals surface area contributed by atoms with Gasteiger partial charge in [-0.1, -0.05) is 0 Å². The summed E-state index contributed by atoms with van der Waals surface area (Å²) in [6, 6.07) is -1.84. The van der Waals surface area contributed by atoms with Gasteiger partial charge in [0.25, 0.3) is 0 Å². The Balaban J connectivity index is 3.28. The third kappa shape index (κ3) is 2.37. The summed E-state index contributed by atoms with van der Waals surface area (Å²) < 4.78 is 51.3. The largest absolute Gasteiger partial charge is 0.480 e. The molecule has 0 radical (unpaired) electrons. The minimum atomic E-state index is -2.20. The topological polar surface area (TPSA) is 83.6 Å². The number of rotatable bonds is 3. The van der Waals surface area contributed by atoms with Crippen molar-refractivity contribution in [1.29, 1.82) is 0 Å². The predicted octanol–water partition coefficient (Wildman–Crippen LogP) is 0.688. The number of aliphatic hydroxyl groups excluding tert-OH is 1. The summed E-state index contributed by atoms with van der Waals surface area (Å²) in [4.78, 5) is 10.4. The zero-order valence-corrected chi connectivity index (χ0v) is 8.12. The van der Waals surface area contributed by atoms with Gasteiger partial charge >= 0.3 is 5.97 Å². The third-order valence-corrected chi connectivity index (χ3v) is 2.07. The number of carbonyl (C=O) groups is 1. The van der Waals surface area contributed by atoms with Gasteiger partial charge in [-0.25, -0.2) is 17.6 Å². The molecule has 0 saturated carbocycles. The van der Waals surface area contributed by atoms with Gasteiger partial charge in [-0.15, -0.1) is 0 Å². The van der Waals surface area contributed by atoms with Crippen molar-refractivity contribution in [1.82, 2.24) is 0 Å². The van der Waals surface area contributed by atoms with Gasteiger partial charge in [-0.3, -0.25) is 4.79 Å². The summed E-state index contributed by atoms with van der Waals surface area (Å²) in [5.74, 6) is -9.54. The van der Waals surface area contributed by atoms with Crippen molar-refractivity contribution < 1.29 is 32.6 Å². The molecule has 0 aliphatic heterocycles. The average Bonchev–Trinajstić information content (AvgIpc) is 2.29. The van der Waals surface area contributed by atoms with Crippen LogP contribution < -0.4 is 5.73 Å². The second kappa shape index (κ2) is 4.68. The lowest BCUT2D eigenvalue weighted by atomic mass is 10.0. The Labute approximate surface area is 92.3 Å². The molecule has 8 heteroatoms. The van der Waals surface area contributed by atoms with E-state index >= 15 is 0 Å². The second-order valence-electron chi connectivity index (χ2n) is 3.20. The molecular formula is C9H7F4NO3. The molecule has 0 bridgehead atoms.